The molecule has 0 fully saturated rings. The third kappa shape index (κ3) is 1.37. The molecule has 13 heavy (non-hydrogen) atoms. The van der Waals surface area contributed by atoms with Gasteiger partial charge in [-0.05, 0) is 19.1 Å². The number of ether oxygens (including phenoxy) is 1. The Labute approximate surface area is 76.0 Å². The maximum atomic E-state index is 11.4. The zero-order chi connectivity index (χ0) is 9.42. The van der Waals surface area contributed by atoms with Gasteiger partial charge in [0.05, 0.1) is 5.56 Å². The first-order chi connectivity index (χ1) is 6.16. The first-order valence-electron chi connectivity index (χ1n) is 4.19. The molecule has 0 amide bonds. The van der Waals surface area contributed by atoms with Gasteiger partial charge in [0.15, 0.2) is 5.78 Å². The highest BCUT2D eigenvalue weighted by Gasteiger charge is 2.23. The van der Waals surface area contributed by atoms with Gasteiger partial charge in [-0.25, -0.2) is 0 Å². The Kier molecular flexibility index (Phi) is 1.72. The maximum Gasteiger partial charge on any atom is 0.170 e. The van der Waals surface area contributed by atoms with Gasteiger partial charge in [-0.1, -0.05) is 0 Å². The lowest BCUT2D eigenvalue weighted by Crippen LogP contribution is -2.23. The number of hydrogen-bond acceptors (Lipinski definition) is 3. The molecule has 0 radical (unpaired) electrons. The summed E-state index contributed by atoms with van der Waals surface area (Å²) in [5.41, 5.74) is 0.566. The molecule has 1 atom stereocenters. The first-order valence-corrected chi connectivity index (χ1v) is 4.19. The van der Waals surface area contributed by atoms with Crippen LogP contribution in [0.1, 0.15) is 23.7 Å². The predicted molar refractivity (Wildman–Crippen MR) is 47.1 cm³/mol. The van der Waals surface area contributed by atoms with E-state index >= 15 is 0 Å². The van der Waals surface area contributed by atoms with Crippen molar-refractivity contribution in [1.29, 1.82) is 0 Å². The van der Waals surface area contributed by atoms with E-state index in [4.69, 9.17) is 9.84 Å². The van der Waals surface area contributed by atoms with Gasteiger partial charge in [-0.15, -0.1) is 0 Å². The van der Waals surface area contributed by atoms with Crippen molar-refractivity contribution in [2.45, 2.75) is 19.4 Å². The quantitative estimate of drug-likeness (QED) is 0.658. The van der Waals surface area contributed by atoms with Gasteiger partial charge in [-0.3, -0.25) is 4.79 Å². The zero-order valence-electron chi connectivity index (χ0n) is 7.28. The second-order valence-corrected chi connectivity index (χ2v) is 3.24. The summed E-state index contributed by atoms with van der Waals surface area (Å²) in [5, 5.41) is 9.17. The van der Waals surface area contributed by atoms with Crippen LogP contribution in [0.15, 0.2) is 18.2 Å². The van der Waals surface area contributed by atoms with E-state index in [0.29, 0.717) is 17.7 Å². The van der Waals surface area contributed by atoms with Crippen LogP contribution < -0.4 is 4.74 Å². The number of aromatic hydroxyl groups is 1. The maximum absolute atomic E-state index is 11.4. The first kappa shape index (κ1) is 8.10. The number of phenols is 1. The minimum absolute atomic E-state index is 0.0775. The number of carbonyl (C=O) groups excluding carboxylic acids is 1. The van der Waals surface area contributed by atoms with E-state index in [1.54, 1.807) is 6.07 Å². The fourth-order valence-corrected chi connectivity index (χ4v) is 1.47. The number of hydrogen-bond donors (Lipinski definition) is 1. The molecule has 2 rings (SSSR count). The molecule has 3 nitrogen and oxygen atoms in total. The lowest BCUT2D eigenvalue weighted by molar-refractivity contribution is 0.0870. The summed E-state index contributed by atoms with van der Waals surface area (Å²) in [6.45, 7) is 1.84. The fourth-order valence-electron chi connectivity index (χ4n) is 1.47. The van der Waals surface area contributed by atoms with Gasteiger partial charge in [0, 0.05) is 12.5 Å². The minimum Gasteiger partial charge on any atom is -0.508 e. The molecule has 3 heteroatoms. The highest BCUT2D eigenvalue weighted by atomic mass is 16.5. The Morgan fingerprint density at radius 1 is 1.54 bits per heavy atom. The van der Waals surface area contributed by atoms with Crippen molar-refractivity contribution >= 4 is 5.78 Å². The molecule has 1 aromatic rings. The van der Waals surface area contributed by atoms with Gasteiger partial charge in [-0.2, -0.15) is 0 Å². The van der Waals surface area contributed by atoms with Crippen molar-refractivity contribution < 1.29 is 14.6 Å². The van der Waals surface area contributed by atoms with E-state index in [1.165, 1.54) is 12.1 Å². The number of rotatable bonds is 0. The number of benzene rings is 1. The number of fused-ring (bicyclic) bond motifs is 1. The highest BCUT2D eigenvalue weighted by Crippen LogP contribution is 2.30. The second kappa shape index (κ2) is 2.76. The molecule has 1 heterocycles. The lowest BCUT2D eigenvalue weighted by Gasteiger charge is -2.21. The molecule has 68 valence electrons. The SMILES string of the molecule is C[C@@H]1CC(=O)c2ccc(O)cc2O1. The molecule has 0 bridgehead atoms. The van der Waals surface area contributed by atoms with Crippen LogP contribution >= 0.6 is 0 Å². The zero-order valence-corrected chi connectivity index (χ0v) is 7.28. The van der Waals surface area contributed by atoms with Crippen LogP contribution in [0.5, 0.6) is 11.5 Å². The average Bonchev–Trinajstić information content (AvgIpc) is 2.02. The van der Waals surface area contributed by atoms with E-state index < -0.39 is 0 Å². The third-order valence-electron chi connectivity index (χ3n) is 2.07. The summed E-state index contributed by atoms with van der Waals surface area (Å²) >= 11 is 0. The second-order valence-electron chi connectivity index (χ2n) is 3.24. The number of Topliss-reactive ketones (excluding diaryl/α,β-unsaturated/α-hetero) is 1. The molecule has 0 spiro atoms. The summed E-state index contributed by atoms with van der Waals surface area (Å²) < 4.78 is 5.40. The van der Waals surface area contributed by atoms with Crippen molar-refractivity contribution in [3.63, 3.8) is 0 Å². The van der Waals surface area contributed by atoms with E-state index in [0.717, 1.165) is 0 Å². The van der Waals surface area contributed by atoms with Gasteiger partial charge in [0.1, 0.15) is 17.6 Å². The molecule has 1 aliphatic rings. The fraction of sp³-hybridized carbons (Fsp3) is 0.300. The average molecular weight is 178 g/mol. The van der Waals surface area contributed by atoms with Crippen LogP contribution in [0.4, 0.5) is 0 Å². The molecule has 0 saturated heterocycles. The van der Waals surface area contributed by atoms with E-state index in [1.807, 2.05) is 6.92 Å². The van der Waals surface area contributed by atoms with Crippen molar-refractivity contribution in [2.24, 2.45) is 0 Å². The van der Waals surface area contributed by atoms with Gasteiger partial charge in [0.2, 0.25) is 0 Å². The standard InChI is InChI=1S/C10H10O3/c1-6-4-9(12)8-3-2-7(11)5-10(8)13-6/h2-3,5-6,11H,4H2,1H3/t6-/m1/s1. The Morgan fingerprint density at radius 3 is 3.08 bits per heavy atom. The molecule has 1 aliphatic heterocycles. The molecule has 0 saturated carbocycles. The number of phenolic OH excluding ortho intramolecular Hbond substituents is 1. The molecular weight excluding hydrogens is 168 g/mol. The molecular formula is C10H10O3. The van der Waals surface area contributed by atoms with Crippen molar-refractivity contribution in [3.8, 4) is 11.5 Å². The third-order valence-corrected chi connectivity index (χ3v) is 2.07. The van der Waals surface area contributed by atoms with Gasteiger partial charge < -0.3 is 9.84 Å². The van der Waals surface area contributed by atoms with Crippen LogP contribution in [0, 0.1) is 0 Å². The van der Waals surface area contributed by atoms with E-state index in [9.17, 15) is 4.79 Å². The Hall–Kier alpha value is -1.51. The summed E-state index contributed by atoms with van der Waals surface area (Å²) in [5.74, 6) is 0.693. The van der Waals surface area contributed by atoms with Crippen LogP contribution in [0.2, 0.25) is 0 Å². The summed E-state index contributed by atoms with van der Waals surface area (Å²) in [7, 11) is 0. The van der Waals surface area contributed by atoms with Crippen molar-refractivity contribution in [3.05, 3.63) is 23.8 Å². The molecule has 0 aliphatic carbocycles. The van der Waals surface area contributed by atoms with Crippen LogP contribution in [-0.4, -0.2) is 17.0 Å². The molecule has 0 aromatic heterocycles. The molecule has 0 unspecified atom stereocenters. The number of ketones is 1. The van der Waals surface area contributed by atoms with E-state index in [2.05, 4.69) is 0 Å². The number of carbonyl (C=O) groups is 1. The van der Waals surface area contributed by atoms with Crippen LogP contribution in [0.25, 0.3) is 0 Å². The minimum atomic E-state index is -0.0956. The Morgan fingerprint density at radius 2 is 2.31 bits per heavy atom. The van der Waals surface area contributed by atoms with Crippen molar-refractivity contribution in [1.82, 2.24) is 0 Å². The van der Waals surface area contributed by atoms with Crippen LogP contribution in [0.3, 0.4) is 0 Å². The highest BCUT2D eigenvalue weighted by molar-refractivity contribution is 6.00. The smallest absolute Gasteiger partial charge is 0.170 e. The Bertz CT molecular complexity index is 357. The summed E-state index contributed by atoms with van der Waals surface area (Å²) in [6.07, 6.45) is 0.319. The monoisotopic (exact) mass is 178 g/mol. The topological polar surface area (TPSA) is 46.5 Å². The normalized spacial score (nSPS) is 20.7. The summed E-state index contributed by atoms with van der Waals surface area (Å²) in [6, 6.07) is 4.57. The van der Waals surface area contributed by atoms with Crippen LogP contribution in [-0.2, 0) is 0 Å². The van der Waals surface area contributed by atoms with Gasteiger partial charge in [0.25, 0.3) is 0 Å². The predicted octanol–water partition coefficient (Wildman–Crippen LogP) is 1.75. The lowest BCUT2D eigenvalue weighted by atomic mass is 10.0. The molecule has 1 aromatic carbocycles. The Balaban J connectivity index is 2.49. The van der Waals surface area contributed by atoms with E-state index in [-0.39, 0.29) is 17.6 Å². The molecule has 1 N–H and O–H groups in total. The van der Waals surface area contributed by atoms with Crippen molar-refractivity contribution in [2.75, 3.05) is 0 Å². The van der Waals surface area contributed by atoms with Gasteiger partial charge >= 0.3 is 0 Å². The summed E-state index contributed by atoms with van der Waals surface area (Å²) in [4.78, 5) is 11.4. The largest absolute Gasteiger partial charge is 0.508 e.